The molecule has 1 aliphatic rings. The average Bonchev–Trinajstić information content (AvgIpc) is 2.90. The van der Waals surface area contributed by atoms with Crippen molar-refractivity contribution in [3.8, 4) is 5.75 Å². The van der Waals surface area contributed by atoms with Gasteiger partial charge < -0.3 is 15.4 Å². The minimum atomic E-state index is 0.131. The van der Waals surface area contributed by atoms with Crippen LogP contribution in [0.3, 0.4) is 0 Å². The lowest BCUT2D eigenvalue weighted by molar-refractivity contribution is -0.130. The molecule has 6 heteroatoms. The Morgan fingerprint density at radius 1 is 1.55 bits per heavy atom. The lowest BCUT2D eigenvalue weighted by Gasteiger charge is -2.16. The standard InChI is InChI=1S/C14H18BrClN2O2/c15-12-7-11(16)1-2-13(12)20-6-4-14(19)18-5-3-10(8-17)9-18/h1-2,7,10H,3-6,8-9,17H2/t10-/m0/s1. The van der Waals surface area contributed by atoms with Crippen molar-refractivity contribution < 1.29 is 9.53 Å². The van der Waals surface area contributed by atoms with E-state index in [0.29, 0.717) is 36.3 Å². The molecular formula is C14H18BrClN2O2. The third-order valence-corrected chi connectivity index (χ3v) is 4.29. The van der Waals surface area contributed by atoms with Gasteiger partial charge in [-0.15, -0.1) is 0 Å². The number of carbonyl (C=O) groups is 1. The summed E-state index contributed by atoms with van der Waals surface area (Å²) in [6, 6.07) is 5.32. The SMILES string of the molecule is NC[C@@H]1CCN(C(=O)CCOc2ccc(Cl)cc2Br)C1. The lowest BCUT2D eigenvalue weighted by Crippen LogP contribution is -2.30. The minimum Gasteiger partial charge on any atom is -0.492 e. The zero-order chi connectivity index (χ0) is 14.5. The molecule has 20 heavy (non-hydrogen) atoms. The van der Waals surface area contributed by atoms with Crippen molar-refractivity contribution in [1.29, 1.82) is 0 Å². The van der Waals surface area contributed by atoms with Gasteiger partial charge in [-0.25, -0.2) is 0 Å². The summed E-state index contributed by atoms with van der Waals surface area (Å²) in [5.74, 6) is 1.28. The molecule has 1 aromatic rings. The highest BCUT2D eigenvalue weighted by molar-refractivity contribution is 9.10. The van der Waals surface area contributed by atoms with Crippen molar-refractivity contribution in [2.75, 3.05) is 26.2 Å². The van der Waals surface area contributed by atoms with Crippen molar-refractivity contribution in [1.82, 2.24) is 4.90 Å². The Labute approximate surface area is 132 Å². The van der Waals surface area contributed by atoms with Gasteiger partial charge in [-0.1, -0.05) is 11.6 Å². The van der Waals surface area contributed by atoms with E-state index in [1.54, 1.807) is 18.2 Å². The molecule has 0 saturated carbocycles. The highest BCUT2D eigenvalue weighted by atomic mass is 79.9. The summed E-state index contributed by atoms with van der Waals surface area (Å²) in [6.45, 7) is 2.60. The number of benzene rings is 1. The molecule has 1 saturated heterocycles. The molecule has 1 fully saturated rings. The maximum absolute atomic E-state index is 12.0. The zero-order valence-corrected chi connectivity index (χ0v) is 13.5. The van der Waals surface area contributed by atoms with E-state index in [1.165, 1.54) is 0 Å². The second kappa shape index (κ2) is 7.29. The summed E-state index contributed by atoms with van der Waals surface area (Å²) >= 11 is 9.24. The number of hydrogen-bond donors (Lipinski definition) is 1. The Hall–Kier alpha value is -0.780. The van der Waals surface area contributed by atoms with E-state index in [1.807, 2.05) is 4.90 Å². The van der Waals surface area contributed by atoms with Crippen LogP contribution in [0.5, 0.6) is 5.75 Å². The summed E-state index contributed by atoms with van der Waals surface area (Å²) < 4.78 is 6.39. The fourth-order valence-electron chi connectivity index (χ4n) is 2.25. The largest absolute Gasteiger partial charge is 0.492 e. The first kappa shape index (κ1) is 15.6. The van der Waals surface area contributed by atoms with Crippen LogP contribution in [0.4, 0.5) is 0 Å². The number of amides is 1. The van der Waals surface area contributed by atoms with Crippen molar-refractivity contribution in [2.24, 2.45) is 11.7 Å². The first-order chi connectivity index (χ1) is 9.60. The Morgan fingerprint density at radius 2 is 2.35 bits per heavy atom. The van der Waals surface area contributed by atoms with E-state index >= 15 is 0 Å². The van der Waals surface area contributed by atoms with Gasteiger partial charge in [0.1, 0.15) is 5.75 Å². The average molecular weight is 362 g/mol. The molecule has 2 N–H and O–H groups in total. The summed E-state index contributed by atoms with van der Waals surface area (Å²) in [5.41, 5.74) is 5.62. The molecule has 0 bridgehead atoms. The van der Waals surface area contributed by atoms with Gasteiger partial charge in [-0.2, -0.15) is 0 Å². The molecule has 1 heterocycles. The second-order valence-corrected chi connectivity index (χ2v) is 6.19. The molecule has 0 unspecified atom stereocenters. The number of carbonyl (C=O) groups excluding carboxylic acids is 1. The third-order valence-electron chi connectivity index (χ3n) is 3.44. The number of nitrogens with two attached hydrogens (primary N) is 1. The van der Waals surface area contributed by atoms with Crippen molar-refractivity contribution in [3.63, 3.8) is 0 Å². The van der Waals surface area contributed by atoms with E-state index in [4.69, 9.17) is 22.1 Å². The maximum atomic E-state index is 12.0. The van der Waals surface area contributed by atoms with Gasteiger partial charge in [0.25, 0.3) is 0 Å². The smallest absolute Gasteiger partial charge is 0.226 e. The highest BCUT2D eigenvalue weighted by Crippen LogP contribution is 2.28. The molecule has 110 valence electrons. The molecule has 0 spiro atoms. The molecule has 4 nitrogen and oxygen atoms in total. The van der Waals surface area contributed by atoms with Gasteiger partial charge >= 0.3 is 0 Å². The monoisotopic (exact) mass is 360 g/mol. The van der Waals surface area contributed by atoms with Crippen molar-refractivity contribution in [2.45, 2.75) is 12.8 Å². The Balaban J connectivity index is 1.77. The quantitative estimate of drug-likeness (QED) is 0.877. The summed E-state index contributed by atoms with van der Waals surface area (Å²) in [4.78, 5) is 13.9. The zero-order valence-electron chi connectivity index (χ0n) is 11.1. The number of hydrogen-bond acceptors (Lipinski definition) is 3. The third kappa shape index (κ3) is 4.11. The van der Waals surface area contributed by atoms with Crippen LogP contribution in [-0.4, -0.2) is 37.0 Å². The topological polar surface area (TPSA) is 55.6 Å². The molecule has 1 atom stereocenters. The van der Waals surface area contributed by atoms with Crippen LogP contribution < -0.4 is 10.5 Å². The highest BCUT2D eigenvalue weighted by Gasteiger charge is 2.24. The summed E-state index contributed by atoms with van der Waals surface area (Å²) in [5, 5.41) is 0.644. The lowest BCUT2D eigenvalue weighted by atomic mass is 10.1. The van der Waals surface area contributed by atoms with Gasteiger partial charge in [-0.3, -0.25) is 4.79 Å². The van der Waals surface area contributed by atoms with Gasteiger partial charge in [0.15, 0.2) is 0 Å². The van der Waals surface area contributed by atoms with Crippen LogP contribution >= 0.6 is 27.5 Å². The predicted octanol–water partition coefficient (Wildman–Crippen LogP) is 2.68. The Kier molecular flexibility index (Phi) is 5.69. The van der Waals surface area contributed by atoms with Crippen LogP contribution in [0.15, 0.2) is 22.7 Å². The van der Waals surface area contributed by atoms with E-state index < -0.39 is 0 Å². The number of rotatable bonds is 5. The molecule has 2 rings (SSSR count). The van der Waals surface area contributed by atoms with E-state index in [-0.39, 0.29) is 5.91 Å². The fraction of sp³-hybridized carbons (Fsp3) is 0.500. The second-order valence-electron chi connectivity index (χ2n) is 4.90. The normalized spacial score (nSPS) is 18.4. The molecule has 1 amide bonds. The number of nitrogens with zero attached hydrogens (tertiary/aromatic N) is 1. The van der Waals surface area contributed by atoms with Crippen LogP contribution in [0, 0.1) is 5.92 Å². The first-order valence-electron chi connectivity index (χ1n) is 6.66. The van der Waals surface area contributed by atoms with Gasteiger partial charge in [0.2, 0.25) is 5.91 Å². The fourth-order valence-corrected chi connectivity index (χ4v) is 3.05. The van der Waals surface area contributed by atoms with Crippen molar-refractivity contribution >= 4 is 33.4 Å². The van der Waals surface area contributed by atoms with Crippen molar-refractivity contribution in [3.05, 3.63) is 27.7 Å². The number of likely N-dealkylation sites (tertiary alicyclic amines) is 1. The van der Waals surface area contributed by atoms with Gasteiger partial charge in [0.05, 0.1) is 17.5 Å². The van der Waals surface area contributed by atoms with Crippen LogP contribution in [0.1, 0.15) is 12.8 Å². The number of ether oxygens (including phenoxy) is 1. The summed E-state index contributed by atoms with van der Waals surface area (Å²) in [6.07, 6.45) is 1.39. The van der Waals surface area contributed by atoms with Gasteiger partial charge in [-0.05, 0) is 53.0 Å². The number of halogens is 2. The maximum Gasteiger partial charge on any atom is 0.226 e. The molecule has 0 aliphatic carbocycles. The van der Waals surface area contributed by atoms with Crippen LogP contribution in [-0.2, 0) is 4.79 Å². The Morgan fingerprint density at radius 3 is 3.00 bits per heavy atom. The van der Waals surface area contributed by atoms with E-state index in [0.717, 1.165) is 24.0 Å². The Bertz CT molecular complexity index is 484. The van der Waals surface area contributed by atoms with Crippen LogP contribution in [0.25, 0.3) is 0 Å². The predicted molar refractivity (Wildman–Crippen MR) is 83.0 cm³/mol. The molecule has 1 aromatic carbocycles. The minimum absolute atomic E-state index is 0.131. The molecule has 1 aliphatic heterocycles. The van der Waals surface area contributed by atoms with Gasteiger partial charge in [0, 0.05) is 18.1 Å². The molecule has 0 aromatic heterocycles. The van der Waals surface area contributed by atoms with E-state index in [2.05, 4.69) is 15.9 Å². The summed E-state index contributed by atoms with van der Waals surface area (Å²) in [7, 11) is 0. The first-order valence-corrected chi connectivity index (χ1v) is 7.83. The van der Waals surface area contributed by atoms with Crippen LogP contribution in [0.2, 0.25) is 5.02 Å². The molecular weight excluding hydrogens is 344 g/mol. The molecule has 0 radical (unpaired) electrons. The van der Waals surface area contributed by atoms with E-state index in [9.17, 15) is 4.79 Å².